The first-order chi connectivity index (χ1) is 7.34. The molecule has 1 saturated heterocycles. The second-order valence-electron chi connectivity index (χ2n) is 5.93. The number of carboxylic acid groups (broad SMARTS) is 1. The minimum Gasteiger partial charge on any atom is -0.481 e. The van der Waals surface area contributed by atoms with Crippen molar-refractivity contribution >= 4 is 5.97 Å². The van der Waals surface area contributed by atoms with E-state index in [9.17, 15) is 4.79 Å². The zero-order chi connectivity index (χ0) is 12.3. The maximum Gasteiger partial charge on any atom is 0.303 e. The molecule has 1 atom stereocenters. The highest BCUT2D eigenvalue weighted by molar-refractivity contribution is 5.67. The van der Waals surface area contributed by atoms with Crippen LogP contribution in [0.15, 0.2) is 0 Å². The molecule has 0 aromatic heterocycles. The van der Waals surface area contributed by atoms with Gasteiger partial charge in [-0.25, -0.2) is 0 Å². The molecule has 1 fully saturated rings. The molecule has 1 N–H and O–H groups in total. The minimum absolute atomic E-state index is 0.0287. The molecule has 0 bridgehead atoms. The van der Waals surface area contributed by atoms with Gasteiger partial charge in [0, 0.05) is 18.5 Å². The summed E-state index contributed by atoms with van der Waals surface area (Å²) in [5, 5.41) is 8.95. The lowest BCUT2D eigenvalue weighted by atomic mass is 9.77. The molecule has 0 radical (unpaired) electrons. The zero-order valence-electron chi connectivity index (χ0n) is 11.0. The van der Waals surface area contributed by atoms with Gasteiger partial charge in [0.2, 0.25) is 0 Å². The molecule has 0 spiro atoms. The maximum atomic E-state index is 10.9. The number of aliphatic carboxylic acids is 1. The van der Waals surface area contributed by atoms with Gasteiger partial charge in [0.15, 0.2) is 0 Å². The van der Waals surface area contributed by atoms with E-state index in [0.717, 1.165) is 25.9 Å². The van der Waals surface area contributed by atoms with Crippen LogP contribution in [-0.4, -0.2) is 34.6 Å². The normalized spacial score (nSPS) is 25.9. The third kappa shape index (κ3) is 3.21. The Morgan fingerprint density at radius 1 is 1.50 bits per heavy atom. The molecule has 1 heterocycles. The first-order valence-electron chi connectivity index (χ1n) is 6.31. The van der Waals surface area contributed by atoms with Crippen molar-refractivity contribution < 1.29 is 9.90 Å². The van der Waals surface area contributed by atoms with Gasteiger partial charge >= 0.3 is 5.97 Å². The monoisotopic (exact) mass is 227 g/mol. The lowest BCUT2D eigenvalue weighted by Crippen LogP contribution is -2.54. The molecule has 0 aromatic rings. The van der Waals surface area contributed by atoms with Crippen molar-refractivity contribution in [3.8, 4) is 0 Å². The predicted octanol–water partition coefficient (Wildman–Crippen LogP) is 2.61. The van der Waals surface area contributed by atoms with Crippen LogP contribution in [0.25, 0.3) is 0 Å². The van der Waals surface area contributed by atoms with Gasteiger partial charge in [0.05, 0.1) is 0 Å². The van der Waals surface area contributed by atoms with Crippen LogP contribution in [0, 0.1) is 11.8 Å². The second kappa shape index (κ2) is 5.17. The fourth-order valence-corrected chi connectivity index (χ4v) is 2.76. The van der Waals surface area contributed by atoms with Gasteiger partial charge in [0.25, 0.3) is 0 Å². The zero-order valence-corrected chi connectivity index (χ0v) is 11.0. The van der Waals surface area contributed by atoms with Crippen molar-refractivity contribution in [3.63, 3.8) is 0 Å². The van der Waals surface area contributed by atoms with Gasteiger partial charge in [-0.3, -0.25) is 9.69 Å². The van der Waals surface area contributed by atoms with Crippen LogP contribution in [0.5, 0.6) is 0 Å². The lowest BCUT2D eigenvalue weighted by Gasteiger charge is -2.48. The van der Waals surface area contributed by atoms with Crippen molar-refractivity contribution in [1.29, 1.82) is 0 Å². The highest BCUT2D eigenvalue weighted by atomic mass is 16.4. The Morgan fingerprint density at radius 2 is 2.12 bits per heavy atom. The molecule has 94 valence electrons. The molecule has 3 nitrogen and oxygen atoms in total. The van der Waals surface area contributed by atoms with Crippen LogP contribution in [0.4, 0.5) is 0 Å². The standard InChI is InChI=1S/C13H25NO2/c1-10(2)9-14-7-5-6-11(8-12(15)16)13(14,3)4/h10-11H,5-9H2,1-4H3,(H,15,16). The molecule has 0 amide bonds. The van der Waals surface area contributed by atoms with Crippen LogP contribution in [-0.2, 0) is 4.79 Å². The van der Waals surface area contributed by atoms with Gasteiger partial charge in [-0.1, -0.05) is 13.8 Å². The molecule has 1 aliphatic heterocycles. The highest BCUT2D eigenvalue weighted by Crippen LogP contribution is 2.35. The largest absolute Gasteiger partial charge is 0.481 e. The molecule has 0 aromatic carbocycles. The first-order valence-corrected chi connectivity index (χ1v) is 6.31. The number of likely N-dealkylation sites (tertiary alicyclic amines) is 1. The SMILES string of the molecule is CC(C)CN1CCCC(CC(=O)O)C1(C)C. The Balaban J connectivity index is 2.70. The summed E-state index contributed by atoms with van der Waals surface area (Å²) in [4.78, 5) is 13.3. The van der Waals surface area contributed by atoms with Crippen molar-refractivity contribution in [3.05, 3.63) is 0 Å². The molecular weight excluding hydrogens is 202 g/mol. The number of rotatable bonds is 4. The Hall–Kier alpha value is -0.570. The number of piperidine rings is 1. The molecule has 1 rings (SSSR count). The Kier molecular flexibility index (Phi) is 4.36. The van der Waals surface area contributed by atoms with E-state index < -0.39 is 5.97 Å². The van der Waals surface area contributed by atoms with Gasteiger partial charge in [-0.05, 0) is 45.1 Å². The van der Waals surface area contributed by atoms with E-state index >= 15 is 0 Å². The van der Waals surface area contributed by atoms with E-state index in [1.165, 1.54) is 0 Å². The maximum absolute atomic E-state index is 10.9. The summed E-state index contributed by atoms with van der Waals surface area (Å²) in [5.74, 6) is 0.268. The molecule has 1 unspecified atom stereocenters. The summed E-state index contributed by atoms with van der Waals surface area (Å²) in [6, 6.07) is 0. The van der Waals surface area contributed by atoms with E-state index in [1.54, 1.807) is 0 Å². The fraction of sp³-hybridized carbons (Fsp3) is 0.923. The van der Waals surface area contributed by atoms with E-state index in [-0.39, 0.29) is 11.5 Å². The van der Waals surface area contributed by atoms with Crippen molar-refractivity contribution in [2.24, 2.45) is 11.8 Å². The van der Waals surface area contributed by atoms with Gasteiger partial charge in [-0.15, -0.1) is 0 Å². The third-order valence-electron chi connectivity index (χ3n) is 3.80. The van der Waals surface area contributed by atoms with Gasteiger partial charge in [0.1, 0.15) is 0 Å². The smallest absolute Gasteiger partial charge is 0.303 e. The molecule has 16 heavy (non-hydrogen) atoms. The Morgan fingerprint density at radius 3 is 2.62 bits per heavy atom. The van der Waals surface area contributed by atoms with Crippen LogP contribution in [0.2, 0.25) is 0 Å². The average molecular weight is 227 g/mol. The molecule has 0 saturated carbocycles. The van der Waals surface area contributed by atoms with Crippen molar-refractivity contribution in [2.75, 3.05) is 13.1 Å². The Labute approximate surface area is 98.8 Å². The van der Waals surface area contributed by atoms with Crippen molar-refractivity contribution in [1.82, 2.24) is 4.90 Å². The summed E-state index contributed by atoms with van der Waals surface area (Å²) >= 11 is 0. The van der Waals surface area contributed by atoms with E-state index in [4.69, 9.17) is 5.11 Å². The fourth-order valence-electron chi connectivity index (χ4n) is 2.76. The summed E-state index contributed by atoms with van der Waals surface area (Å²) in [7, 11) is 0. The third-order valence-corrected chi connectivity index (χ3v) is 3.80. The van der Waals surface area contributed by atoms with Crippen LogP contribution < -0.4 is 0 Å². The average Bonchev–Trinajstić information content (AvgIpc) is 2.11. The van der Waals surface area contributed by atoms with E-state index in [2.05, 4.69) is 32.6 Å². The van der Waals surface area contributed by atoms with Gasteiger partial charge < -0.3 is 5.11 Å². The number of hydrogen-bond donors (Lipinski definition) is 1. The van der Waals surface area contributed by atoms with Crippen LogP contribution in [0.1, 0.15) is 47.0 Å². The summed E-state index contributed by atoms with van der Waals surface area (Å²) < 4.78 is 0. The van der Waals surface area contributed by atoms with E-state index in [0.29, 0.717) is 12.3 Å². The lowest BCUT2D eigenvalue weighted by molar-refractivity contribution is -0.140. The molecule has 3 heteroatoms. The Bertz CT molecular complexity index is 248. The van der Waals surface area contributed by atoms with Crippen LogP contribution >= 0.6 is 0 Å². The number of carboxylic acids is 1. The predicted molar refractivity (Wildman–Crippen MR) is 65.5 cm³/mol. The highest BCUT2D eigenvalue weighted by Gasteiger charge is 2.39. The van der Waals surface area contributed by atoms with Gasteiger partial charge in [-0.2, -0.15) is 0 Å². The van der Waals surface area contributed by atoms with E-state index in [1.807, 2.05) is 0 Å². The summed E-state index contributed by atoms with van der Waals surface area (Å²) in [6.07, 6.45) is 2.49. The number of carbonyl (C=O) groups is 1. The number of hydrogen-bond acceptors (Lipinski definition) is 2. The first kappa shape index (κ1) is 13.5. The molecule has 0 aliphatic carbocycles. The number of nitrogens with zero attached hydrogens (tertiary/aromatic N) is 1. The summed E-state index contributed by atoms with van der Waals surface area (Å²) in [5.41, 5.74) is 0.0287. The molecule has 1 aliphatic rings. The molecular formula is C13H25NO2. The topological polar surface area (TPSA) is 40.5 Å². The van der Waals surface area contributed by atoms with Crippen molar-refractivity contribution in [2.45, 2.75) is 52.5 Å². The van der Waals surface area contributed by atoms with Crippen LogP contribution in [0.3, 0.4) is 0 Å². The summed E-state index contributed by atoms with van der Waals surface area (Å²) in [6.45, 7) is 11.0. The quantitative estimate of drug-likeness (QED) is 0.802. The second-order valence-corrected chi connectivity index (χ2v) is 5.93. The minimum atomic E-state index is -0.663.